The van der Waals surface area contributed by atoms with Crippen LogP contribution in [0.5, 0.6) is 0 Å². The second-order valence-corrected chi connectivity index (χ2v) is 5.76. The molecule has 0 aromatic carbocycles. The first kappa shape index (κ1) is 13.9. The van der Waals surface area contributed by atoms with Crippen molar-refractivity contribution in [3.05, 3.63) is 0 Å². The number of nitrogens with two attached hydrogens (primary N) is 1. The van der Waals surface area contributed by atoms with E-state index in [2.05, 4.69) is 39.6 Å². The van der Waals surface area contributed by atoms with Crippen molar-refractivity contribution in [2.24, 2.45) is 11.1 Å². The molecule has 0 heterocycles. The summed E-state index contributed by atoms with van der Waals surface area (Å²) in [5.74, 6) is 0. The van der Waals surface area contributed by atoms with Crippen LogP contribution in [0.2, 0.25) is 0 Å². The van der Waals surface area contributed by atoms with Gasteiger partial charge >= 0.3 is 0 Å². The van der Waals surface area contributed by atoms with Gasteiger partial charge in [0.2, 0.25) is 0 Å². The predicted octanol–water partition coefficient (Wildman–Crippen LogP) is 1.86. The van der Waals surface area contributed by atoms with E-state index in [0.29, 0.717) is 6.10 Å². The highest BCUT2D eigenvalue weighted by Crippen LogP contribution is 2.49. The number of rotatable bonds is 6. The van der Waals surface area contributed by atoms with Crippen LogP contribution >= 0.6 is 0 Å². The lowest BCUT2D eigenvalue weighted by molar-refractivity contribution is -0.155. The Morgan fingerprint density at radius 2 is 2.00 bits per heavy atom. The molecule has 1 aliphatic rings. The van der Waals surface area contributed by atoms with Crippen LogP contribution in [0.15, 0.2) is 0 Å². The number of hydrogen-bond acceptors (Lipinski definition) is 3. The molecule has 0 spiro atoms. The van der Waals surface area contributed by atoms with Gasteiger partial charge in [0.05, 0.1) is 6.10 Å². The molecule has 1 saturated carbocycles. The zero-order chi connectivity index (χ0) is 12.4. The van der Waals surface area contributed by atoms with Gasteiger partial charge in [-0.2, -0.15) is 0 Å². The maximum absolute atomic E-state index is 6.51. The second-order valence-electron chi connectivity index (χ2n) is 5.76. The fourth-order valence-electron chi connectivity index (χ4n) is 2.72. The first-order valence-corrected chi connectivity index (χ1v) is 6.46. The van der Waals surface area contributed by atoms with Gasteiger partial charge < -0.3 is 15.4 Å². The van der Waals surface area contributed by atoms with E-state index in [9.17, 15) is 0 Å². The lowest BCUT2D eigenvalue weighted by Crippen LogP contribution is -2.73. The maximum atomic E-state index is 6.51. The molecule has 1 aliphatic carbocycles. The Labute approximate surface area is 100 Å². The monoisotopic (exact) mass is 228 g/mol. The summed E-state index contributed by atoms with van der Waals surface area (Å²) in [6.07, 6.45) is 2.50. The average Bonchev–Trinajstić information content (AvgIpc) is 2.17. The van der Waals surface area contributed by atoms with E-state index < -0.39 is 0 Å². The van der Waals surface area contributed by atoms with Gasteiger partial charge in [0.1, 0.15) is 0 Å². The summed E-state index contributed by atoms with van der Waals surface area (Å²) in [5.41, 5.74) is 6.51. The van der Waals surface area contributed by atoms with Crippen molar-refractivity contribution in [1.29, 1.82) is 0 Å². The topological polar surface area (TPSA) is 38.5 Å². The van der Waals surface area contributed by atoms with Crippen molar-refractivity contribution in [3.63, 3.8) is 0 Å². The highest BCUT2D eigenvalue weighted by atomic mass is 16.5. The van der Waals surface area contributed by atoms with Crippen molar-refractivity contribution in [2.45, 2.75) is 52.2 Å². The lowest BCUT2D eigenvalue weighted by Gasteiger charge is -2.60. The van der Waals surface area contributed by atoms with Crippen molar-refractivity contribution in [2.75, 3.05) is 26.7 Å². The van der Waals surface area contributed by atoms with E-state index >= 15 is 0 Å². The molecular formula is C13H28N2O. The molecule has 1 rings (SSSR count). The lowest BCUT2D eigenvalue weighted by atomic mass is 9.54. The molecule has 2 unspecified atom stereocenters. The van der Waals surface area contributed by atoms with Crippen LogP contribution in [0.4, 0.5) is 0 Å². The van der Waals surface area contributed by atoms with E-state index in [4.69, 9.17) is 10.5 Å². The SMILES string of the molecule is CCCN(C)CC1(N)CC(OCC)C1(C)C. The third-order valence-corrected chi connectivity index (χ3v) is 4.16. The van der Waals surface area contributed by atoms with Gasteiger partial charge in [-0.15, -0.1) is 0 Å². The zero-order valence-electron chi connectivity index (χ0n) is 11.5. The normalized spacial score (nSPS) is 32.8. The quantitative estimate of drug-likeness (QED) is 0.754. The van der Waals surface area contributed by atoms with Gasteiger partial charge in [0.25, 0.3) is 0 Å². The van der Waals surface area contributed by atoms with E-state index in [1.54, 1.807) is 0 Å². The van der Waals surface area contributed by atoms with Gasteiger partial charge in [0.15, 0.2) is 0 Å². The number of nitrogens with zero attached hydrogens (tertiary/aromatic N) is 1. The maximum Gasteiger partial charge on any atom is 0.0662 e. The van der Waals surface area contributed by atoms with Gasteiger partial charge in [-0.25, -0.2) is 0 Å². The molecule has 0 bridgehead atoms. The molecule has 2 atom stereocenters. The molecule has 0 radical (unpaired) electrons. The first-order valence-electron chi connectivity index (χ1n) is 6.46. The van der Waals surface area contributed by atoms with E-state index in [1.165, 1.54) is 6.42 Å². The zero-order valence-corrected chi connectivity index (χ0v) is 11.5. The molecule has 3 heteroatoms. The highest BCUT2D eigenvalue weighted by molar-refractivity contribution is 5.14. The average molecular weight is 228 g/mol. The van der Waals surface area contributed by atoms with Crippen LogP contribution in [0.1, 0.15) is 40.5 Å². The molecule has 2 N–H and O–H groups in total. The van der Waals surface area contributed by atoms with Crippen molar-refractivity contribution >= 4 is 0 Å². The number of hydrogen-bond donors (Lipinski definition) is 1. The van der Waals surface area contributed by atoms with Crippen LogP contribution < -0.4 is 5.73 Å². The van der Waals surface area contributed by atoms with Crippen LogP contribution in [0.25, 0.3) is 0 Å². The van der Waals surface area contributed by atoms with Crippen molar-refractivity contribution in [1.82, 2.24) is 4.90 Å². The number of likely N-dealkylation sites (N-methyl/N-ethyl adjacent to an activating group) is 1. The largest absolute Gasteiger partial charge is 0.378 e. The Bertz CT molecular complexity index is 230. The Balaban J connectivity index is 2.54. The predicted molar refractivity (Wildman–Crippen MR) is 68.5 cm³/mol. The highest BCUT2D eigenvalue weighted by Gasteiger charge is 2.58. The molecule has 3 nitrogen and oxygen atoms in total. The minimum atomic E-state index is -0.0866. The Morgan fingerprint density at radius 3 is 2.44 bits per heavy atom. The van der Waals surface area contributed by atoms with E-state index in [1.807, 2.05) is 0 Å². The van der Waals surface area contributed by atoms with Gasteiger partial charge in [-0.1, -0.05) is 20.8 Å². The van der Waals surface area contributed by atoms with Crippen molar-refractivity contribution < 1.29 is 4.74 Å². The Kier molecular flexibility index (Phi) is 4.38. The fraction of sp³-hybridized carbons (Fsp3) is 1.00. The van der Waals surface area contributed by atoms with Crippen molar-refractivity contribution in [3.8, 4) is 0 Å². The Morgan fingerprint density at radius 1 is 1.38 bits per heavy atom. The molecule has 0 saturated heterocycles. The smallest absolute Gasteiger partial charge is 0.0662 e. The molecule has 0 aromatic heterocycles. The van der Waals surface area contributed by atoms with Gasteiger partial charge in [-0.05, 0) is 33.4 Å². The van der Waals surface area contributed by atoms with E-state index in [0.717, 1.165) is 26.1 Å². The summed E-state index contributed by atoms with van der Waals surface area (Å²) in [4.78, 5) is 2.34. The number of ether oxygens (including phenoxy) is 1. The summed E-state index contributed by atoms with van der Waals surface area (Å²) in [7, 11) is 2.15. The summed E-state index contributed by atoms with van der Waals surface area (Å²) in [6, 6.07) is 0. The third-order valence-electron chi connectivity index (χ3n) is 4.16. The third kappa shape index (κ3) is 2.41. The Hall–Kier alpha value is -0.120. The molecule has 96 valence electrons. The van der Waals surface area contributed by atoms with Crippen LogP contribution in [0, 0.1) is 5.41 Å². The van der Waals surface area contributed by atoms with Crippen LogP contribution in [-0.4, -0.2) is 43.3 Å². The summed E-state index contributed by atoms with van der Waals surface area (Å²) < 4.78 is 5.73. The first-order chi connectivity index (χ1) is 7.37. The van der Waals surface area contributed by atoms with Crippen LogP contribution in [0.3, 0.4) is 0 Å². The fourth-order valence-corrected chi connectivity index (χ4v) is 2.72. The molecular weight excluding hydrogens is 200 g/mol. The van der Waals surface area contributed by atoms with Crippen LogP contribution in [-0.2, 0) is 4.74 Å². The molecule has 1 fully saturated rings. The molecule has 0 aliphatic heterocycles. The van der Waals surface area contributed by atoms with Gasteiger partial charge in [0, 0.05) is 24.1 Å². The minimum absolute atomic E-state index is 0.0866. The molecule has 16 heavy (non-hydrogen) atoms. The standard InChI is InChI=1S/C13H28N2O/c1-6-8-15(5)10-13(14)9-11(16-7-2)12(13,3)4/h11H,6-10,14H2,1-5H3. The molecule has 0 amide bonds. The second kappa shape index (κ2) is 5.03. The molecule has 0 aromatic rings. The summed E-state index contributed by atoms with van der Waals surface area (Å²) in [6.45, 7) is 11.6. The minimum Gasteiger partial charge on any atom is -0.378 e. The van der Waals surface area contributed by atoms with Gasteiger partial charge in [-0.3, -0.25) is 0 Å². The van der Waals surface area contributed by atoms with E-state index in [-0.39, 0.29) is 11.0 Å². The summed E-state index contributed by atoms with van der Waals surface area (Å²) in [5, 5.41) is 0. The summed E-state index contributed by atoms with van der Waals surface area (Å²) >= 11 is 0.